The third-order valence-corrected chi connectivity index (χ3v) is 6.23. The maximum Gasteiger partial charge on any atom is 0.0908 e. The molecule has 0 saturated heterocycles. The minimum Gasteiger partial charge on any atom is -0.378 e. The van der Waals surface area contributed by atoms with E-state index in [2.05, 4.69) is 13.0 Å². The monoisotopic (exact) mass is 331 g/mol. The van der Waals surface area contributed by atoms with Gasteiger partial charge in [-0.15, -0.1) is 0 Å². The summed E-state index contributed by atoms with van der Waals surface area (Å²) in [4.78, 5) is 0. The van der Waals surface area contributed by atoms with Crippen LogP contribution in [0.3, 0.4) is 0 Å². The van der Waals surface area contributed by atoms with Gasteiger partial charge in [0.25, 0.3) is 0 Å². The normalized spacial score (nSPS) is 31.2. The van der Waals surface area contributed by atoms with E-state index < -0.39 is 0 Å². The highest BCUT2D eigenvalue weighted by Gasteiger charge is 2.24. The molecule has 2 heteroatoms. The van der Waals surface area contributed by atoms with Crippen molar-refractivity contribution in [3.8, 4) is 6.07 Å². The largest absolute Gasteiger partial charge is 0.378 e. The van der Waals surface area contributed by atoms with E-state index in [1.165, 1.54) is 77.0 Å². The molecule has 0 N–H and O–H groups in total. The molecule has 2 nitrogen and oxygen atoms in total. The lowest BCUT2D eigenvalue weighted by Gasteiger charge is -2.32. The summed E-state index contributed by atoms with van der Waals surface area (Å²) in [5, 5.41) is 8.50. The minimum atomic E-state index is 0.522. The van der Waals surface area contributed by atoms with Crippen molar-refractivity contribution in [2.75, 3.05) is 6.61 Å². The molecule has 2 aliphatic carbocycles. The highest BCUT2D eigenvalue weighted by molar-refractivity contribution is 5.01. The first-order valence-corrected chi connectivity index (χ1v) is 10.5. The average molecular weight is 332 g/mol. The van der Waals surface area contributed by atoms with Crippen LogP contribution in [0.2, 0.25) is 0 Å². The van der Waals surface area contributed by atoms with E-state index in [0.29, 0.717) is 6.10 Å². The van der Waals surface area contributed by atoms with Crippen LogP contribution in [0.4, 0.5) is 0 Å². The zero-order valence-electron chi connectivity index (χ0n) is 15.7. The molecule has 0 radical (unpaired) electrons. The quantitative estimate of drug-likeness (QED) is 0.457. The Morgan fingerprint density at radius 2 is 1.54 bits per heavy atom. The Labute approximate surface area is 149 Å². The summed E-state index contributed by atoms with van der Waals surface area (Å²) < 4.78 is 6.27. The average Bonchev–Trinajstić information content (AvgIpc) is 2.64. The van der Waals surface area contributed by atoms with Gasteiger partial charge < -0.3 is 4.74 Å². The molecule has 2 saturated carbocycles. The predicted molar refractivity (Wildman–Crippen MR) is 101 cm³/mol. The second-order valence-corrected chi connectivity index (χ2v) is 8.11. The molecule has 0 unspecified atom stereocenters. The number of unbranched alkanes of at least 4 members (excludes halogenated alkanes) is 1. The fourth-order valence-electron chi connectivity index (χ4n) is 4.51. The van der Waals surface area contributed by atoms with Gasteiger partial charge in [0.1, 0.15) is 0 Å². The number of rotatable bonds is 9. The third kappa shape index (κ3) is 7.39. The zero-order chi connectivity index (χ0) is 17.0. The van der Waals surface area contributed by atoms with Gasteiger partial charge in [-0.2, -0.15) is 5.26 Å². The van der Waals surface area contributed by atoms with E-state index in [9.17, 15) is 0 Å². The van der Waals surface area contributed by atoms with Crippen molar-refractivity contribution < 1.29 is 4.74 Å². The molecule has 0 aromatic carbocycles. The second-order valence-electron chi connectivity index (χ2n) is 8.11. The molecule has 0 heterocycles. The van der Waals surface area contributed by atoms with E-state index in [1.807, 2.05) is 6.08 Å². The zero-order valence-corrected chi connectivity index (χ0v) is 15.7. The molecule has 24 heavy (non-hydrogen) atoms. The van der Waals surface area contributed by atoms with Crippen LogP contribution in [-0.2, 0) is 4.74 Å². The van der Waals surface area contributed by atoms with E-state index in [4.69, 9.17) is 10.00 Å². The maximum absolute atomic E-state index is 8.50. The van der Waals surface area contributed by atoms with Gasteiger partial charge in [-0.25, -0.2) is 0 Å². The minimum absolute atomic E-state index is 0.522. The summed E-state index contributed by atoms with van der Waals surface area (Å²) in [5.41, 5.74) is 0. The van der Waals surface area contributed by atoms with Crippen LogP contribution >= 0.6 is 0 Å². The SMILES string of the molecule is CCCC[C@H]1CC[C@H](COC2CCC(CCC=CC#N)CC2)CC1. The van der Waals surface area contributed by atoms with Gasteiger partial charge in [-0.3, -0.25) is 0 Å². The lowest BCUT2D eigenvalue weighted by Crippen LogP contribution is -2.26. The number of hydrogen-bond acceptors (Lipinski definition) is 2. The number of allylic oxidation sites excluding steroid dienone is 2. The van der Waals surface area contributed by atoms with Crippen molar-refractivity contribution in [3.63, 3.8) is 0 Å². The van der Waals surface area contributed by atoms with Crippen LogP contribution in [0.25, 0.3) is 0 Å². The second kappa shape index (κ2) is 11.7. The first-order chi connectivity index (χ1) is 11.8. The van der Waals surface area contributed by atoms with Gasteiger partial charge in [-0.1, -0.05) is 45.1 Å². The third-order valence-electron chi connectivity index (χ3n) is 6.23. The number of nitrogens with zero attached hydrogens (tertiary/aromatic N) is 1. The van der Waals surface area contributed by atoms with Crippen LogP contribution in [0.5, 0.6) is 0 Å². The van der Waals surface area contributed by atoms with Gasteiger partial charge in [-0.05, 0) is 69.1 Å². The summed E-state index contributed by atoms with van der Waals surface area (Å²) in [6, 6.07) is 2.07. The van der Waals surface area contributed by atoms with E-state index in [0.717, 1.165) is 30.8 Å². The van der Waals surface area contributed by atoms with Crippen molar-refractivity contribution in [2.45, 2.75) is 96.5 Å². The molecule has 0 aromatic rings. The summed E-state index contributed by atoms with van der Waals surface area (Å²) in [5.74, 6) is 2.69. The van der Waals surface area contributed by atoms with Crippen LogP contribution in [0.15, 0.2) is 12.2 Å². The molecule has 136 valence electrons. The molecule has 0 aliphatic heterocycles. The van der Waals surface area contributed by atoms with E-state index >= 15 is 0 Å². The molecule has 2 fully saturated rings. The van der Waals surface area contributed by atoms with Crippen molar-refractivity contribution in [3.05, 3.63) is 12.2 Å². The number of hydrogen-bond donors (Lipinski definition) is 0. The topological polar surface area (TPSA) is 33.0 Å². The van der Waals surface area contributed by atoms with Crippen molar-refractivity contribution >= 4 is 0 Å². The van der Waals surface area contributed by atoms with Gasteiger partial charge in [0.05, 0.1) is 12.2 Å². The molecule has 0 bridgehead atoms. The molecule has 0 atom stereocenters. The Morgan fingerprint density at radius 1 is 0.917 bits per heavy atom. The molecule has 2 aliphatic rings. The Bertz CT molecular complexity index is 381. The van der Waals surface area contributed by atoms with Gasteiger partial charge in [0.2, 0.25) is 0 Å². The Morgan fingerprint density at radius 3 is 2.21 bits per heavy atom. The predicted octanol–water partition coefficient (Wildman–Crippen LogP) is 6.42. The summed E-state index contributed by atoms with van der Waals surface area (Å²) >= 11 is 0. The van der Waals surface area contributed by atoms with Gasteiger partial charge in [0, 0.05) is 12.7 Å². The van der Waals surface area contributed by atoms with Crippen LogP contribution < -0.4 is 0 Å². The molecular formula is C22H37NO. The Balaban J connectivity index is 1.52. The lowest BCUT2D eigenvalue weighted by molar-refractivity contribution is -0.0102. The van der Waals surface area contributed by atoms with Gasteiger partial charge >= 0.3 is 0 Å². The smallest absolute Gasteiger partial charge is 0.0908 e. The van der Waals surface area contributed by atoms with Crippen LogP contribution in [0, 0.1) is 29.1 Å². The molecule has 0 spiro atoms. The number of nitriles is 1. The first kappa shape index (κ1) is 19.5. The Hall–Kier alpha value is -0.810. The molecule has 0 amide bonds. The highest BCUT2D eigenvalue weighted by atomic mass is 16.5. The number of ether oxygens (including phenoxy) is 1. The van der Waals surface area contributed by atoms with Crippen molar-refractivity contribution in [1.82, 2.24) is 0 Å². The van der Waals surface area contributed by atoms with Crippen molar-refractivity contribution in [2.24, 2.45) is 17.8 Å². The standard InChI is InChI=1S/C22H37NO/c1-2-3-7-19-9-11-21(12-10-19)18-24-22-15-13-20(14-16-22)8-5-4-6-17-23/h4,6,19-22H,2-3,5,7-16,18H2,1H3/t19-,20?,21-,22?. The van der Waals surface area contributed by atoms with Crippen molar-refractivity contribution in [1.29, 1.82) is 5.26 Å². The molecule has 2 rings (SSSR count). The van der Waals surface area contributed by atoms with Crippen LogP contribution in [-0.4, -0.2) is 12.7 Å². The summed E-state index contributed by atoms with van der Waals surface area (Å²) in [7, 11) is 0. The maximum atomic E-state index is 8.50. The molecular weight excluding hydrogens is 294 g/mol. The fraction of sp³-hybridized carbons (Fsp3) is 0.864. The first-order valence-electron chi connectivity index (χ1n) is 10.5. The van der Waals surface area contributed by atoms with E-state index in [-0.39, 0.29) is 0 Å². The lowest BCUT2D eigenvalue weighted by atomic mass is 9.80. The van der Waals surface area contributed by atoms with E-state index in [1.54, 1.807) is 6.08 Å². The summed E-state index contributed by atoms with van der Waals surface area (Å²) in [6.07, 6.45) is 21.5. The molecule has 0 aromatic heterocycles. The van der Waals surface area contributed by atoms with Crippen LogP contribution in [0.1, 0.15) is 90.4 Å². The fourth-order valence-corrected chi connectivity index (χ4v) is 4.51. The summed E-state index contributed by atoms with van der Waals surface area (Å²) in [6.45, 7) is 3.32. The Kier molecular flexibility index (Phi) is 9.51. The van der Waals surface area contributed by atoms with Gasteiger partial charge in [0.15, 0.2) is 0 Å². The highest BCUT2D eigenvalue weighted by Crippen LogP contribution is 2.34.